The molecule has 0 saturated carbocycles. The molecule has 0 aliphatic rings. The van der Waals surface area contributed by atoms with Crippen LogP contribution in [0.25, 0.3) is 0 Å². The molecule has 0 amide bonds. The minimum atomic E-state index is 0. The van der Waals surface area contributed by atoms with E-state index in [0.717, 1.165) is 0 Å². The van der Waals surface area contributed by atoms with Crippen molar-refractivity contribution in [2.45, 2.75) is 13.5 Å². The summed E-state index contributed by atoms with van der Waals surface area (Å²) in [4.78, 5) is 0. The third-order valence-corrected chi connectivity index (χ3v) is 1.56. The van der Waals surface area contributed by atoms with Crippen LogP contribution in [0.2, 0.25) is 0 Å². The van der Waals surface area contributed by atoms with Crippen LogP contribution >= 0.6 is 0 Å². The molecule has 23 heavy (non-hydrogen) atoms. The third kappa shape index (κ3) is 45.0. The van der Waals surface area contributed by atoms with Crippen LogP contribution in [0.4, 0.5) is 0 Å². The smallest absolute Gasteiger partial charge is 0 e. The van der Waals surface area contributed by atoms with Crippen molar-refractivity contribution in [1.82, 2.24) is 0 Å². The zero-order valence-corrected chi connectivity index (χ0v) is 13.6. The van der Waals surface area contributed by atoms with E-state index in [2.05, 4.69) is 45.4 Å². The van der Waals surface area contributed by atoms with Gasteiger partial charge in [0.2, 0.25) is 0 Å². The minimum absolute atomic E-state index is 0. The fourth-order valence-corrected chi connectivity index (χ4v) is 0.915. The minimum Gasteiger partial charge on any atom is 0 e. The van der Waals surface area contributed by atoms with Crippen LogP contribution in [0.15, 0.2) is 42.5 Å². The maximum atomic E-state index is 7.50. The van der Waals surface area contributed by atoms with E-state index in [1.807, 2.05) is 37.3 Å². The number of rotatable bonds is 4. The maximum absolute atomic E-state index is 7.50. The van der Waals surface area contributed by atoms with Gasteiger partial charge in [0, 0.05) is 17.4 Å². The van der Waals surface area contributed by atoms with Crippen LogP contribution < -0.4 is 0 Å². The molecule has 0 aliphatic heterocycles. The number of allylic oxidation sites excluding steroid dienone is 1. The molecular weight excluding hydrogens is 340 g/mol. The van der Waals surface area contributed by atoms with Crippen LogP contribution in [0.5, 0.6) is 0 Å². The summed E-state index contributed by atoms with van der Waals surface area (Å²) < 4.78 is 42.9. The topological polar surface area (TPSA) is 109 Å². The zero-order valence-electron chi connectivity index (χ0n) is 12.3. The van der Waals surface area contributed by atoms with E-state index in [9.17, 15) is 0 Å². The summed E-state index contributed by atoms with van der Waals surface area (Å²) in [5.41, 5.74) is 1.22. The van der Waals surface area contributed by atoms with Crippen molar-refractivity contribution in [2.75, 3.05) is 6.61 Å². The summed E-state index contributed by atoms with van der Waals surface area (Å²) in [5, 5.41) is 0. The number of ether oxygens (including phenoxy) is 1. The van der Waals surface area contributed by atoms with E-state index in [1.54, 1.807) is 0 Å². The van der Waals surface area contributed by atoms with Gasteiger partial charge in [-0.25, -0.2) is 0 Å². The van der Waals surface area contributed by atoms with E-state index in [-0.39, 0.29) is 17.4 Å². The standard InChI is InChI=1S/C11H14O.5CO.Cr/c1-2-3-9-12-10-11-7-5-4-6-8-11;5*1-2;/h2-8H,9-10H2,1H3;;;;;;/b3-2+;;;;;;. The normalized spacial score (nSPS) is 6.04. The quantitative estimate of drug-likeness (QED) is 0.352. The molecule has 0 saturated heterocycles. The van der Waals surface area contributed by atoms with Gasteiger partial charge in [0.25, 0.3) is 0 Å². The van der Waals surface area contributed by atoms with E-state index >= 15 is 0 Å². The summed E-state index contributed by atoms with van der Waals surface area (Å²) in [7, 11) is 0. The fraction of sp³-hybridized carbons (Fsp3) is 0.188. The Morgan fingerprint density at radius 3 is 1.57 bits per heavy atom. The second-order valence-corrected chi connectivity index (χ2v) is 2.57. The van der Waals surface area contributed by atoms with Crippen molar-refractivity contribution in [3.05, 3.63) is 81.3 Å². The van der Waals surface area contributed by atoms with Crippen LogP contribution in [0.1, 0.15) is 12.5 Å². The molecule has 120 valence electrons. The van der Waals surface area contributed by atoms with Gasteiger partial charge in [-0.1, -0.05) is 42.5 Å². The fourth-order valence-electron chi connectivity index (χ4n) is 0.915. The largest absolute Gasteiger partial charge is 0 e. The average Bonchev–Trinajstić information content (AvgIpc) is 2.68. The van der Waals surface area contributed by atoms with Crippen molar-refractivity contribution in [3.63, 3.8) is 0 Å². The van der Waals surface area contributed by atoms with E-state index < -0.39 is 0 Å². The van der Waals surface area contributed by atoms with Crippen LogP contribution in [0.3, 0.4) is 0 Å². The Morgan fingerprint density at radius 2 is 1.22 bits per heavy atom. The van der Waals surface area contributed by atoms with Crippen molar-refractivity contribution in [3.8, 4) is 0 Å². The van der Waals surface area contributed by atoms with Crippen molar-refractivity contribution in [2.24, 2.45) is 0 Å². The molecular formula is C16H14CrO6. The van der Waals surface area contributed by atoms with Gasteiger partial charge in [-0.2, -0.15) is 0 Å². The van der Waals surface area contributed by atoms with Crippen LogP contribution in [-0.2, 0) is 52.0 Å². The van der Waals surface area contributed by atoms with Crippen molar-refractivity contribution >= 4 is 0 Å². The molecule has 6 nitrogen and oxygen atoms in total. The van der Waals surface area contributed by atoms with E-state index in [1.165, 1.54) is 5.56 Å². The Bertz CT molecular complexity index is 383. The maximum Gasteiger partial charge on any atom is 0 e. The molecule has 0 heterocycles. The first kappa shape index (κ1) is 37.4. The molecule has 0 N–H and O–H groups in total. The van der Waals surface area contributed by atoms with Gasteiger partial charge in [-0.15, -0.1) is 0 Å². The Morgan fingerprint density at radius 1 is 0.826 bits per heavy atom. The predicted molar refractivity (Wildman–Crippen MR) is 70.6 cm³/mol. The first-order valence-corrected chi connectivity index (χ1v) is 5.18. The first-order valence-electron chi connectivity index (χ1n) is 5.18. The third-order valence-electron chi connectivity index (χ3n) is 1.56. The summed E-state index contributed by atoms with van der Waals surface area (Å²) in [6, 6.07) is 10.2. The van der Waals surface area contributed by atoms with Gasteiger partial charge in [0.05, 0.1) is 13.2 Å². The summed E-state index contributed by atoms with van der Waals surface area (Å²) in [6.07, 6.45) is 3.99. The monoisotopic (exact) mass is 354 g/mol. The molecule has 0 aliphatic carbocycles. The zero-order chi connectivity index (χ0) is 18.6. The Labute approximate surface area is 147 Å². The molecule has 1 aromatic rings. The Balaban J connectivity index is -0.0000000565. The van der Waals surface area contributed by atoms with Crippen molar-refractivity contribution in [1.29, 1.82) is 0 Å². The predicted octanol–water partition coefficient (Wildman–Crippen LogP) is 2.59. The molecule has 0 bridgehead atoms. The molecule has 0 radical (unpaired) electrons. The molecule has 7 heteroatoms. The van der Waals surface area contributed by atoms with Gasteiger partial charge in [0.1, 0.15) is 0 Å². The number of hydrogen-bond acceptors (Lipinski definition) is 1. The van der Waals surface area contributed by atoms with E-state index in [0.29, 0.717) is 13.2 Å². The molecule has 0 unspecified atom stereocenters. The molecule has 0 spiro atoms. The van der Waals surface area contributed by atoms with Gasteiger partial charge in [0.15, 0.2) is 0 Å². The summed E-state index contributed by atoms with van der Waals surface area (Å²) >= 11 is 0. The van der Waals surface area contributed by atoms with Gasteiger partial charge >= 0.3 is 56.5 Å². The van der Waals surface area contributed by atoms with Gasteiger partial charge in [-0.3, -0.25) is 0 Å². The summed E-state index contributed by atoms with van der Waals surface area (Å²) in [6.45, 7) is 25.9. The number of hydrogen-bond donors (Lipinski definition) is 0. The van der Waals surface area contributed by atoms with Crippen molar-refractivity contribution < 1.29 is 45.4 Å². The van der Waals surface area contributed by atoms with Crippen LogP contribution in [0, 0.1) is 33.3 Å². The molecule has 1 rings (SSSR count). The molecule has 0 atom stereocenters. The number of benzene rings is 1. The molecule has 0 aromatic heterocycles. The Hall–Kier alpha value is -1.85. The Kier molecular flexibility index (Phi) is 96.7. The first-order chi connectivity index (χ1) is 10.9. The SMILES string of the molecule is C/C=C/COCc1ccccc1.[C-]#[O+].[C-]#[O+].[C-]#[O+].[C-]#[O+].[C-]#[O+].[Cr]. The van der Waals surface area contributed by atoms with Gasteiger partial charge in [-0.05, 0) is 12.5 Å². The second-order valence-electron chi connectivity index (χ2n) is 2.57. The molecule has 1 aromatic carbocycles. The second kappa shape index (κ2) is 59.4. The average molecular weight is 354 g/mol. The van der Waals surface area contributed by atoms with Crippen LogP contribution in [-0.4, -0.2) is 6.61 Å². The molecule has 0 fully saturated rings. The summed E-state index contributed by atoms with van der Waals surface area (Å²) in [5.74, 6) is 0. The van der Waals surface area contributed by atoms with Gasteiger partial charge < -0.3 is 4.74 Å². The van der Waals surface area contributed by atoms with E-state index in [4.69, 9.17) is 28.0 Å².